The highest BCUT2D eigenvalue weighted by Crippen LogP contribution is 2.64. The van der Waals surface area contributed by atoms with Gasteiger partial charge in [-0.2, -0.15) is 0 Å². The molecule has 2 radical (unpaired) electrons. The Labute approximate surface area is 89.6 Å². The van der Waals surface area contributed by atoms with Crippen LogP contribution in [0.1, 0.15) is 34.6 Å². The summed E-state index contributed by atoms with van der Waals surface area (Å²) in [6, 6.07) is 0. The molecule has 1 aliphatic carbocycles. The lowest BCUT2D eigenvalue weighted by Crippen LogP contribution is -2.39. The minimum Gasteiger partial charge on any atom is -0.356 e. The van der Waals surface area contributed by atoms with Gasteiger partial charge in [0.15, 0.2) is 5.60 Å². The third kappa shape index (κ3) is 1.57. The first-order chi connectivity index (χ1) is 6.59. The smallest absolute Gasteiger partial charge is 0.356 e. The number of hydrogen-bond donors (Lipinski definition) is 0. The van der Waals surface area contributed by atoms with E-state index in [0.29, 0.717) is 0 Å². The standard InChI is InChI=1S/C11H16O4/c1-9(2,3)15-11(8(13)14)7(6-12)10(11,4)5/h7H,1-5H3. The first-order valence-electron chi connectivity index (χ1n) is 4.89. The molecule has 84 valence electrons. The van der Waals surface area contributed by atoms with Crippen LogP contribution < -0.4 is 0 Å². The van der Waals surface area contributed by atoms with Gasteiger partial charge in [-0.1, -0.05) is 13.8 Å². The van der Waals surface area contributed by atoms with E-state index < -0.39 is 28.5 Å². The molecular formula is C11H16O4. The average molecular weight is 212 g/mol. The summed E-state index contributed by atoms with van der Waals surface area (Å²) < 4.78 is 5.49. The summed E-state index contributed by atoms with van der Waals surface area (Å²) in [5.41, 5.74) is -2.91. The maximum Gasteiger partial charge on any atom is 0.388 e. The summed E-state index contributed by atoms with van der Waals surface area (Å²) in [4.78, 5) is 21.8. The van der Waals surface area contributed by atoms with E-state index in [1.807, 2.05) is 0 Å². The molecule has 1 saturated carbocycles. The normalized spacial score (nSPS) is 33.5. The van der Waals surface area contributed by atoms with Gasteiger partial charge in [0.2, 0.25) is 6.29 Å². The first kappa shape index (κ1) is 12.2. The molecule has 15 heavy (non-hydrogen) atoms. The summed E-state index contributed by atoms with van der Waals surface area (Å²) in [6.07, 6.45) is 1.73. The van der Waals surface area contributed by atoms with Gasteiger partial charge in [0.1, 0.15) is 0 Å². The van der Waals surface area contributed by atoms with E-state index in [9.17, 15) is 14.7 Å². The third-order valence-corrected chi connectivity index (χ3v) is 2.89. The van der Waals surface area contributed by atoms with Crippen LogP contribution in [0.5, 0.6) is 0 Å². The summed E-state index contributed by atoms with van der Waals surface area (Å²) in [5.74, 6) is -2.09. The Morgan fingerprint density at radius 1 is 1.33 bits per heavy atom. The van der Waals surface area contributed by atoms with Crippen molar-refractivity contribution in [2.75, 3.05) is 0 Å². The molecule has 4 heteroatoms. The second-order valence-electron chi connectivity index (χ2n) is 5.51. The van der Waals surface area contributed by atoms with Crippen molar-refractivity contribution in [3.63, 3.8) is 0 Å². The monoisotopic (exact) mass is 212 g/mol. The lowest BCUT2D eigenvalue weighted by Gasteiger charge is -2.26. The molecule has 2 atom stereocenters. The molecule has 0 aromatic rings. The lowest BCUT2D eigenvalue weighted by atomic mass is 10.1. The summed E-state index contributed by atoms with van der Waals surface area (Å²) >= 11 is 0. The Hall–Kier alpha value is -0.900. The van der Waals surface area contributed by atoms with Crippen molar-refractivity contribution < 1.29 is 19.4 Å². The summed E-state index contributed by atoms with van der Waals surface area (Å²) in [6.45, 7) is 8.57. The topological polar surface area (TPSA) is 63.3 Å². The molecule has 0 aromatic heterocycles. The van der Waals surface area contributed by atoms with Gasteiger partial charge in [-0.3, -0.25) is 4.79 Å². The molecule has 1 fully saturated rings. The van der Waals surface area contributed by atoms with Gasteiger partial charge in [-0.05, 0) is 20.8 Å². The van der Waals surface area contributed by atoms with Gasteiger partial charge in [0.05, 0.1) is 11.5 Å². The summed E-state index contributed by atoms with van der Waals surface area (Å²) in [7, 11) is 0. The molecule has 1 aliphatic rings. The van der Waals surface area contributed by atoms with E-state index in [2.05, 4.69) is 0 Å². The lowest BCUT2D eigenvalue weighted by molar-refractivity contribution is -0.177. The van der Waals surface area contributed by atoms with Crippen LogP contribution in [0, 0.1) is 11.3 Å². The van der Waals surface area contributed by atoms with Crippen LogP contribution in [-0.4, -0.2) is 23.5 Å². The van der Waals surface area contributed by atoms with Gasteiger partial charge in [-0.25, -0.2) is 9.90 Å². The maximum absolute atomic E-state index is 11.1. The van der Waals surface area contributed by atoms with Crippen LogP contribution in [0.25, 0.3) is 0 Å². The Kier molecular flexibility index (Phi) is 2.47. The van der Waals surface area contributed by atoms with Crippen LogP contribution in [0.2, 0.25) is 0 Å². The molecule has 0 aliphatic heterocycles. The molecule has 0 bridgehead atoms. The van der Waals surface area contributed by atoms with Crippen LogP contribution in [-0.2, 0) is 19.4 Å². The number of carbonyl (C=O) groups excluding carboxylic acids is 2. The van der Waals surface area contributed by atoms with E-state index >= 15 is 0 Å². The molecule has 0 N–H and O–H groups in total. The minimum absolute atomic E-state index is 0.636. The fourth-order valence-electron chi connectivity index (χ4n) is 2.05. The molecule has 0 spiro atoms. The molecule has 0 saturated heterocycles. The quantitative estimate of drug-likeness (QED) is 0.707. The van der Waals surface area contributed by atoms with Crippen LogP contribution >= 0.6 is 0 Å². The van der Waals surface area contributed by atoms with Gasteiger partial charge in [0.25, 0.3) is 0 Å². The van der Waals surface area contributed by atoms with Crippen molar-refractivity contribution in [1.82, 2.24) is 0 Å². The number of ether oxygens (including phenoxy) is 1. The van der Waals surface area contributed by atoms with Crippen molar-refractivity contribution in [1.29, 1.82) is 0 Å². The molecule has 1 rings (SSSR count). The van der Waals surface area contributed by atoms with Crippen molar-refractivity contribution in [2.24, 2.45) is 11.3 Å². The average Bonchev–Trinajstić information content (AvgIpc) is 2.45. The predicted octanol–water partition coefficient (Wildman–Crippen LogP) is 1.26. The van der Waals surface area contributed by atoms with Gasteiger partial charge < -0.3 is 4.74 Å². The van der Waals surface area contributed by atoms with Gasteiger partial charge in [0, 0.05) is 5.41 Å². The molecule has 0 heterocycles. The number of carbonyl (C=O) groups is 1. The Morgan fingerprint density at radius 2 is 1.80 bits per heavy atom. The van der Waals surface area contributed by atoms with E-state index in [0.717, 1.165) is 0 Å². The Morgan fingerprint density at radius 3 is 2.00 bits per heavy atom. The van der Waals surface area contributed by atoms with E-state index in [1.165, 1.54) is 0 Å². The highest BCUT2D eigenvalue weighted by atomic mass is 16.6. The summed E-state index contributed by atoms with van der Waals surface area (Å²) in [5, 5.41) is 11.1. The molecular weight excluding hydrogens is 196 g/mol. The van der Waals surface area contributed by atoms with Gasteiger partial charge >= 0.3 is 5.97 Å². The van der Waals surface area contributed by atoms with Crippen LogP contribution in [0.3, 0.4) is 0 Å². The molecule has 0 aromatic carbocycles. The highest BCUT2D eigenvalue weighted by Gasteiger charge is 2.80. The minimum atomic E-state index is -1.52. The number of rotatable bonds is 3. The first-order valence-corrected chi connectivity index (χ1v) is 4.89. The fourth-order valence-corrected chi connectivity index (χ4v) is 2.05. The second kappa shape index (κ2) is 3.04. The largest absolute Gasteiger partial charge is 0.388 e. The van der Waals surface area contributed by atoms with E-state index in [-0.39, 0.29) is 0 Å². The zero-order chi connectivity index (χ0) is 12.1. The van der Waals surface area contributed by atoms with Crippen molar-refractivity contribution in [2.45, 2.75) is 45.8 Å². The molecule has 2 unspecified atom stereocenters. The maximum atomic E-state index is 11.1. The number of hydrogen-bond acceptors (Lipinski definition) is 3. The second-order valence-corrected chi connectivity index (χ2v) is 5.51. The van der Waals surface area contributed by atoms with Crippen molar-refractivity contribution >= 4 is 12.3 Å². The molecule has 4 nitrogen and oxygen atoms in total. The predicted molar refractivity (Wildman–Crippen MR) is 52.2 cm³/mol. The van der Waals surface area contributed by atoms with Gasteiger partial charge in [-0.15, -0.1) is 0 Å². The Balaban J connectivity index is 3.05. The third-order valence-electron chi connectivity index (χ3n) is 2.89. The zero-order valence-corrected chi connectivity index (χ0v) is 9.71. The van der Waals surface area contributed by atoms with Crippen LogP contribution in [0.4, 0.5) is 0 Å². The zero-order valence-electron chi connectivity index (χ0n) is 9.71. The van der Waals surface area contributed by atoms with Crippen LogP contribution in [0.15, 0.2) is 0 Å². The SMILES string of the molecule is CC(C)(C)OC1(C([O])=O)C([C]=O)C1(C)C. The van der Waals surface area contributed by atoms with Crippen molar-refractivity contribution in [3.8, 4) is 0 Å². The highest BCUT2D eigenvalue weighted by molar-refractivity contribution is 5.90. The van der Waals surface area contributed by atoms with Crippen molar-refractivity contribution in [3.05, 3.63) is 0 Å². The van der Waals surface area contributed by atoms with E-state index in [4.69, 9.17) is 4.74 Å². The molecule has 0 amide bonds. The van der Waals surface area contributed by atoms with E-state index in [1.54, 1.807) is 40.9 Å². The fraction of sp³-hybridized carbons (Fsp3) is 0.818. The Bertz CT molecular complexity index is 300.